The molecule has 2 aromatic carbocycles. The molecule has 1 saturated heterocycles. The van der Waals surface area contributed by atoms with Gasteiger partial charge in [0.15, 0.2) is 0 Å². The molecule has 2 amide bonds. The van der Waals surface area contributed by atoms with Crippen molar-refractivity contribution in [3.8, 4) is 5.75 Å². The first-order valence-corrected chi connectivity index (χ1v) is 12.2. The van der Waals surface area contributed by atoms with Crippen LogP contribution in [0.25, 0.3) is 10.9 Å². The number of benzene rings is 2. The van der Waals surface area contributed by atoms with Gasteiger partial charge in [-0.25, -0.2) is 14.4 Å². The number of halogens is 4. The summed E-state index contributed by atoms with van der Waals surface area (Å²) >= 11 is 0. The number of hydrogen-bond acceptors (Lipinski definition) is 7. The Labute approximate surface area is 221 Å². The Kier molecular flexibility index (Phi) is 8.79. The molecule has 0 unspecified atom stereocenters. The number of amides is 2. The van der Waals surface area contributed by atoms with Crippen molar-refractivity contribution in [2.75, 3.05) is 37.5 Å². The van der Waals surface area contributed by atoms with E-state index in [1.54, 1.807) is 18.2 Å². The highest BCUT2D eigenvalue weighted by molar-refractivity contribution is 6.03. The zero-order valence-corrected chi connectivity index (χ0v) is 21.1. The van der Waals surface area contributed by atoms with E-state index in [9.17, 15) is 27.2 Å². The lowest BCUT2D eigenvalue weighted by Crippen LogP contribution is -2.51. The van der Waals surface area contributed by atoms with E-state index < -0.39 is 36.3 Å². The van der Waals surface area contributed by atoms with E-state index in [4.69, 9.17) is 9.47 Å². The highest BCUT2D eigenvalue weighted by atomic mass is 19.4. The largest absolute Gasteiger partial charge is 0.491 e. The summed E-state index contributed by atoms with van der Waals surface area (Å²) in [5.41, 5.74) is 1.18. The zero-order valence-electron chi connectivity index (χ0n) is 21.1. The molecule has 208 valence electrons. The second kappa shape index (κ2) is 12.2. The highest BCUT2D eigenvalue weighted by Gasteiger charge is 2.46. The number of fused-ring (bicyclic) bond motifs is 1. The number of likely N-dealkylation sites (tertiary alicyclic amines) is 1. The quantitative estimate of drug-likeness (QED) is 0.224. The number of alkyl halides is 3. The van der Waals surface area contributed by atoms with E-state index in [2.05, 4.69) is 20.6 Å². The summed E-state index contributed by atoms with van der Waals surface area (Å²) in [7, 11) is 1.53. The lowest BCUT2D eigenvalue weighted by atomic mass is 10.0. The predicted octanol–water partition coefficient (Wildman–Crippen LogP) is 4.81. The first kappa shape index (κ1) is 28.0. The fourth-order valence-corrected chi connectivity index (χ4v) is 4.33. The van der Waals surface area contributed by atoms with E-state index >= 15 is 0 Å². The van der Waals surface area contributed by atoms with E-state index in [1.807, 2.05) is 0 Å². The van der Waals surface area contributed by atoms with Gasteiger partial charge in [0.25, 0.3) is 0 Å². The summed E-state index contributed by atoms with van der Waals surface area (Å²) in [5.74, 6) is -1.66. The second-order valence-electron chi connectivity index (χ2n) is 8.93. The third-order valence-electron chi connectivity index (χ3n) is 6.16. The van der Waals surface area contributed by atoms with Crippen molar-refractivity contribution in [2.24, 2.45) is 0 Å². The van der Waals surface area contributed by atoms with Gasteiger partial charge in [0, 0.05) is 37.2 Å². The van der Waals surface area contributed by atoms with Crippen LogP contribution in [0.1, 0.15) is 25.7 Å². The number of carbonyl (C=O) groups is 2. The molecule has 13 heteroatoms. The molecular weight excluding hydrogens is 522 g/mol. The molecule has 0 spiro atoms. The molecule has 0 radical (unpaired) electrons. The third kappa shape index (κ3) is 7.11. The van der Waals surface area contributed by atoms with E-state index in [0.717, 1.165) is 4.90 Å². The van der Waals surface area contributed by atoms with Gasteiger partial charge in [0.1, 0.15) is 42.8 Å². The molecule has 0 aliphatic carbocycles. The van der Waals surface area contributed by atoms with Gasteiger partial charge in [-0.3, -0.25) is 9.59 Å². The van der Waals surface area contributed by atoms with Crippen LogP contribution in [-0.2, 0) is 14.3 Å². The number of nitrogens with one attached hydrogen (secondary N) is 2. The van der Waals surface area contributed by atoms with Crippen molar-refractivity contribution in [3.05, 3.63) is 48.5 Å². The number of rotatable bonds is 9. The second-order valence-corrected chi connectivity index (χ2v) is 8.93. The molecule has 1 aliphatic heterocycles. The molecule has 0 saturated carbocycles. The van der Waals surface area contributed by atoms with E-state index in [0.29, 0.717) is 42.1 Å². The molecule has 2 N–H and O–H groups in total. The molecule has 1 fully saturated rings. The van der Waals surface area contributed by atoms with Crippen LogP contribution in [0.3, 0.4) is 0 Å². The van der Waals surface area contributed by atoms with Crippen molar-refractivity contribution in [3.63, 3.8) is 0 Å². The molecule has 9 nitrogen and oxygen atoms in total. The third-order valence-corrected chi connectivity index (χ3v) is 6.16. The number of piperidine rings is 1. The molecular formula is C26H27F4N5O4. The van der Waals surface area contributed by atoms with Crippen molar-refractivity contribution in [1.29, 1.82) is 0 Å². The number of methoxy groups -OCH3 is 1. The topological polar surface area (TPSA) is 106 Å². The number of ether oxygens (including phenoxy) is 2. The van der Waals surface area contributed by atoms with Gasteiger partial charge in [-0.2, -0.15) is 13.2 Å². The van der Waals surface area contributed by atoms with Gasteiger partial charge in [-0.15, -0.1) is 0 Å². The monoisotopic (exact) mass is 549 g/mol. The van der Waals surface area contributed by atoms with Crippen LogP contribution < -0.4 is 15.4 Å². The van der Waals surface area contributed by atoms with Gasteiger partial charge >= 0.3 is 6.18 Å². The Balaban J connectivity index is 1.39. The van der Waals surface area contributed by atoms with Crippen molar-refractivity contribution >= 4 is 39.9 Å². The molecule has 1 atom stereocenters. The first-order chi connectivity index (χ1) is 18.7. The van der Waals surface area contributed by atoms with Crippen LogP contribution in [-0.4, -0.2) is 65.8 Å². The van der Waals surface area contributed by atoms with E-state index in [-0.39, 0.29) is 30.8 Å². The Bertz CT molecular complexity index is 1320. The SMILES string of the molecule is COCCOc1cc(F)c2c(Nc3ccc(NC(=O)CC(=O)N4CCCC[C@@H]4C(F)(F)F)cc3)ncnc2c1. The molecule has 4 rings (SSSR count). The maximum atomic E-state index is 14.9. The molecule has 1 aromatic heterocycles. The summed E-state index contributed by atoms with van der Waals surface area (Å²) in [4.78, 5) is 33.8. The van der Waals surface area contributed by atoms with Crippen molar-refractivity contribution in [1.82, 2.24) is 14.9 Å². The van der Waals surface area contributed by atoms with Gasteiger partial charge in [0.2, 0.25) is 11.8 Å². The minimum atomic E-state index is -4.53. The van der Waals surface area contributed by atoms with Crippen LogP contribution >= 0.6 is 0 Å². The normalized spacial score (nSPS) is 15.7. The van der Waals surface area contributed by atoms with Gasteiger partial charge in [-0.05, 0) is 43.5 Å². The standard InChI is InChI=1S/C26H27F4N5O4/c1-38-10-11-39-18-12-19(27)24-20(13-18)31-15-32-25(24)34-17-7-5-16(6-8-17)33-22(36)14-23(37)35-9-3-2-4-21(35)26(28,29)30/h5-8,12-13,15,21H,2-4,9-11,14H2,1H3,(H,33,36)(H,31,32,34)/t21-/m1/s1. The lowest BCUT2D eigenvalue weighted by Gasteiger charge is -2.36. The van der Waals surface area contributed by atoms with Crippen molar-refractivity contribution < 1.29 is 36.6 Å². The number of anilines is 3. The number of aromatic nitrogens is 2. The van der Waals surface area contributed by atoms with Crippen LogP contribution in [0.2, 0.25) is 0 Å². The van der Waals surface area contributed by atoms with Gasteiger partial charge < -0.3 is 25.0 Å². The Morgan fingerprint density at radius 3 is 2.54 bits per heavy atom. The zero-order chi connectivity index (χ0) is 28.0. The molecule has 1 aliphatic rings. The van der Waals surface area contributed by atoms with Crippen LogP contribution in [0, 0.1) is 5.82 Å². The summed E-state index contributed by atoms with van der Waals surface area (Å²) in [6.45, 7) is 0.568. The minimum Gasteiger partial charge on any atom is -0.491 e. The van der Waals surface area contributed by atoms with Crippen molar-refractivity contribution in [2.45, 2.75) is 37.9 Å². The summed E-state index contributed by atoms with van der Waals surface area (Å²) in [5, 5.41) is 5.68. The average Bonchev–Trinajstić information content (AvgIpc) is 2.89. The fraction of sp³-hybridized carbons (Fsp3) is 0.385. The molecule has 39 heavy (non-hydrogen) atoms. The average molecular weight is 550 g/mol. The van der Waals surface area contributed by atoms with Crippen LogP contribution in [0.15, 0.2) is 42.7 Å². The van der Waals surface area contributed by atoms with Crippen LogP contribution in [0.5, 0.6) is 5.75 Å². The number of nitrogens with zero attached hydrogens (tertiary/aromatic N) is 3. The summed E-state index contributed by atoms with van der Waals surface area (Å²) in [6.07, 6.45) is -3.28. The summed E-state index contributed by atoms with van der Waals surface area (Å²) in [6, 6.07) is 7.20. The van der Waals surface area contributed by atoms with Crippen LogP contribution in [0.4, 0.5) is 34.8 Å². The predicted molar refractivity (Wildman–Crippen MR) is 135 cm³/mol. The maximum absolute atomic E-state index is 14.9. The Hall–Kier alpha value is -4.00. The van der Waals surface area contributed by atoms with E-state index in [1.165, 1.54) is 31.6 Å². The number of hydrogen-bond donors (Lipinski definition) is 2. The minimum absolute atomic E-state index is 0.0306. The lowest BCUT2D eigenvalue weighted by molar-refractivity contribution is -0.196. The van der Waals surface area contributed by atoms with Gasteiger partial charge in [-0.1, -0.05) is 0 Å². The molecule has 0 bridgehead atoms. The first-order valence-electron chi connectivity index (χ1n) is 12.2. The van der Waals surface area contributed by atoms with Gasteiger partial charge in [0.05, 0.1) is 17.5 Å². The molecule has 3 aromatic rings. The Morgan fingerprint density at radius 1 is 1.08 bits per heavy atom. The fourth-order valence-electron chi connectivity index (χ4n) is 4.33. The summed E-state index contributed by atoms with van der Waals surface area (Å²) < 4.78 is 65.1. The highest BCUT2D eigenvalue weighted by Crippen LogP contribution is 2.32. The smallest absolute Gasteiger partial charge is 0.408 e. The molecule has 2 heterocycles. The Morgan fingerprint density at radius 2 is 1.82 bits per heavy atom. The number of carbonyl (C=O) groups excluding carboxylic acids is 2. The maximum Gasteiger partial charge on any atom is 0.408 e.